The molecule has 0 atom stereocenters. The first-order valence-corrected chi connectivity index (χ1v) is 11.7. The summed E-state index contributed by atoms with van der Waals surface area (Å²) in [7, 11) is 0. The average molecular weight is 421 g/mol. The van der Waals surface area contributed by atoms with Gasteiger partial charge in [0.2, 0.25) is 0 Å². The minimum atomic E-state index is -0.316. The molecule has 0 nitrogen and oxygen atoms in total. The van der Waals surface area contributed by atoms with Crippen LogP contribution < -0.4 is 0 Å². The van der Waals surface area contributed by atoms with Crippen molar-refractivity contribution in [2.45, 2.75) is 67.2 Å². The van der Waals surface area contributed by atoms with Crippen molar-refractivity contribution in [3.63, 3.8) is 0 Å². The van der Waals surface area contributed by atoms with Crippen molar-refractivity contribution in [2.75, 3.05) is 0 Å². The van der Waals surface area contributed by atoms with Crippen LogP contribution >= 0.6 is 0 Å². The first-order chi connectivity index (χ1) is 15.1. The lowest BCUT2D eigenvalue weighted by atomic mass is 9.63. The van der Waals surface area contributed by atoms with E-state index in [-0.39, 0.29) is 5.41 Å². The summed E-state index contributed by atoms with van der Waals surface area (Å²) in [5.41, 5.74) is 16.1. The highest BCUT2D eigenvalue weighted by Gasteiger charge is 2.42. The molecule has 0 saturated heterocycles. The predicted molar refractivity (Wildman–Crippen MR) is 139 cm³/mol. The van der Waals surface area contributed by atoms with Crippen molar-refractivity contribution in [1.82, 2.24) is 0 Å². The van der Waals surface area contributed by atoms with Gasteiger partial charge in [0, 0.05) is 0 Å². The number of rotatable bonds is 4. The lowest BCUT2D eigenvalue weighted by Crippen LogP contribution is -2.32. The fourth-order valence-corrected chi connectivity index (χ4v) is 5.73. The Morgan fingerprint density at radius 2 is 0.781 bits per heavy atom. The molecule has 0 saturated carbocycles. The van der Waals surface area contributed by atoms with E-state index < -0.39 is 0 Å². The van der Waals surface area contributed by atoms with E-state index in [1.807, 2.05) is 0 Å². The predicted octanol–water partition coefficient (Wildman–Crippen LogP) is 8.54. The Bertz CT molecular complexity index is 1080. The van der Waals surface area contributed by atoms with Gasteiger partial charge in [-0.05, 0) is 84.1 Å². The lowest BCUT2D eigenvalue weighted by molar-refractivity contribution is 0.701. The molecule has 0 fully saturated rings. The zero-order valence-corrected chi connectivity index (χ0v) is 21.0. The summed E-state index contributed by atoms with van der Waals surface area (Å²) < 4.78 is 0. The van der Waals surface area contributed by atoms with E-state index in [0.717, 1.165) is 6.42 Å². The van der Waals surface area contributed by atoms with Gasteiger partial charge in [-0.1, -0.05) is 105 Å². The second kappa shape index (κ2) is 8.24. The van der Waals surface area contributed by atoms with E-state index in [9.17, 15) is 0 Å². The molecule has 0 N–H and O–H groups in total. The molecular weight excluding hydrogens is 384 g/mol. The highest BCUT2D eigenvalue weighted by atomic mass is 14.4. The van der Waals surface area contributed by atoms with E-state index in [1.54, 1.807) is 0 Å². The van der Waals surface area contributed by atoms with Gasteiger partial charge in [-0.15, -0.1) is 0 Å². The van der Waals surface area contributed by atoms with Crippen LogP contribution in [0.5, 0.6) is 0 Å². The molecule has 0 heterocycles. The largest absolute Gasteiger partial charge is 0.0668 e. The molecule has 0 unspecified atom stereocenters. The van der Waals surface area contributed by atoms with Crippen molar-refractivity contribution in [1.29, 1.82) is 0 Å². The molecule has 1 aliphatic rings. The van der Waals surface area contributed by atoms with Gasteiger partial charge in [-0.2, -0.15) is 0 Å². The molecule has 0 amide bonds. The molecule has 0 radical (unpaired) electrons. The zero-order chi connectivity index (χ0) is 23.2. The molecule has 0 bridgehead atoms. The van der Waals surface area contributed by atoms with Crippen LogP contribution in [-0.4, -0.2) is 0 Å². The Labute approximate surface area is 194 Å². The summed E-state index contributed by atoms with van der Waals surface area (Å²) in [6.45, 7) is 17.9. The number of allylic oxidation sites excluding steroid dienone is 4. The van der Waals surface area contributed by atoms with Gasteiger partial charge in [-0.25, -0.2) is 0 Å². The highest BCUT2D eigenvalue weighted by molar-refractivity contribution is 5.64. The molecule has 164 valence electrons. The van der Waals surface area contributed by atoms with Gasteiger partial charge >= 0.3 is 0 Å². The van der Waals surface area contributed by atoms with E-state index >= 15 is 0 Å². The van der Waals surface area contributed by atoms with Crippen molar-refractivity contribution in [3.05, 3.63) is 127 Å². The van der Waals surface area contributed by atoms with Crippen LogP contribution in [0, 0.1) is 41.5 Å². The van der Waals surface area contributed by atoms with Crippen LogP contribution in [0.1, 0.15) is 70.3 Å². The first kappa shape index (κ1) is 22.3. The van der Waals surface area contributed by atoms with Gasteiger partial charge in [0.25, 0.3) is 0 Å². The fourth-order valence-electron chi connectivity index (χ4n) is 5.73. The van der Waals surface area contributed by atoms with Gasteiger partial charge in [-0.3, -0.25) is 0 Å². The quantitative estimate of drug-likeness (QED) is 0.371. The topological polar surface area (TPSA) is 0 Å². The monoisotopic (exact) mass is 420 g/mol. The van der Waals surface area contributed by atoms with Crippen LogP contribution in [0.4, 0.5) is 0 Å². The fraction of sp³-hybridized carbons (Fsp3) is 0.312. The smallest absolute Gasteiger partial charge is 0.0663 e. The average Bonchev–Trinajstić information content (AvgIpc) is 2.99. The van der Waals surface area contributed by atoms with Crippen molar-refractivity contribution in [2.24, 2.45) is 0 Å². The van der Waals surface area contributed by atoms with Crippen LogP contribution in [-0.2, 0) is 5.41 Å². The van der Waals surface area contributed by atoms with Crippen LogP contribution in [0.25, 0.3) is 0 Å². The van der Waals surface area contributed by atoms with E-state index in [4.69, 9.17) is 0 Å². The zero-order valence-electron chi connectivity index (χ0n) is 21.0. The molecule has 3 aromatic rings. The normalized spacial score (nSPS) is 14.2. The molecule has 4 rings (SSSR count). The number of hydrogen-bond acceptors (Lipinski definition) is 0. The van der Waals surface area contributed by atoms with Gasteiger partial charge in [0.05, 0.1) is 5.41 Å². The number of aryl methyl sites for hydroxylation is 6. The summed E-state index contributed by atoms with van der Waals surface area (Å²) >= 11 is 0. The van der Waals surface area contributed by atoms with Crippen molar-refractivity contribution < 1.29 is 0 Å². The Kier molecular flexibility index (Phi) is 5.76. The molecule has 0 heteroatoms. The maximum absolute atomic E-state index is 2.46. The summed E-state index contributed by atoms with van der Waals surface area (Å²) in [4.78, 5) is 0. The van der Waals surface area contributed by atoms with E-state index in [1.165, 1.54) is 66.8 Å². The molecule has 0 spiro atoms. The summed E-state index contributed by atoms with van der Waals surface area (Å²) in [5.74, 6) is 0. The Hall–Kier alpha value is -2.86. The molecule has 0 aromatic heterocycles. The minimum absolute atomic E-state index is 0.316. The summed E-state index contributed by atoms with van der Waals surface area (Å²) in [6.07, 6.45) is 3.47. The van der Waals surface area contributed by atoms with Crippen LogP contribution in [0.3, 0.4) is 0 Å². The van der Waals surface area contributed by atoms with Crippen LogP contribution in [0.2, 0.25) is 0 Å². The van der Waals surface area contributed by atoms with E-state index in [0.29, 0.717) is 0 Å². The third-order valence-electron chi connectivity index (χ3n) is 6.97. The third-order valence-corrected chi connectivity index (χ3v) is 6.97. The summed E-state index contributed by atoms with van der Waals surface area (Å²) in [5, 5.41) is 0. The molecule has 32 heavy (non-hydrogen) atoms. The van der Waals surface area contributed by atoms with Crippen LogP contribution in [0.15, 0.2) is 77.4 Å². The molecule has 0 aliphatic heterocycles. The maximum Gasteiger partial charge on any atom is 0.0668 e. The highest BCUT2D eigenvalue weighted by Crippen LogP contribution is 2.50. The van der Waals surface area contributed by atoms with Gasteiger partial charge in [0.15, 0.2) is 0 Å². The standard InChI is InChI=1S/C32H36/c1-20-9-21(2)13-28(12-20)32(31-18-26(7)27(8)19-31,29-14-22(3)10-23(4)15-29)30-16-24(5)11-25(6)17-30/h9-18H,19H2,1-8H3. The second-order valence-corrected chi connectivity index (χ2v) is 10.2. The van der Waals surface area contributed by atoms with E-state index in [2.05, 4.69) is 116 Å². The molecule has 1 aliphatic carbocycles. The Balaban J connectivity index is 2.20. The maximum atomic E-state index is 2.46. The van der Waals surface area contributed by atoms with Crippen molar-refractivity contribution >= 4 is 0 Å². The number of hydrogen-bond donors (Lipinski definition) is 0. The minimum Gasteiger partial charge on any atom is -0.0663 e. The molecular formula is C32H36. The second-order valence-electron chi connectivity index (χ2n) is 10.2. The van der Waals surface area contributed by atoms with Gasteiger partial charge in [0.1, 0.15) is 0 Å². The molecule has 3 aromatic carbocycles. The lowest BCUT2D eigenvalue weighted by Gasteiger charge is -2.39. The number of benzene rings is 3. The first-order valence-electron chi connectivity index (χ1n) is 11.7. The Morgan fingerprint density at radius 1 is 0.469 bits per heavy atom. The van der Waals surface area contributed by atoms with Crippen molar-refractivity contribution in [3.8, 4) is 0 Å². The Morgan fingerprint density at radius 3 is 1.03 bits per heavy atom. The third kappa shape index (κ3) is 3.88. The summed E-state index contributed by atoms with van der Waals surface area (Å²) in [6, 6.07) is 21.3. The SMILES string of the molecule is CC1=C(C)CC(C(c2cc(C)cc(C)c2)(c2cc(C)cc(C)c2)c2cc(C)cc(C)c2)=C1. The van der Waals surface area contributed by atoms with Gasteiger partial charge < -0.3 is 0 Å².